The van der Waals surface area contributed by atoms with Crippen LogP contribution in [-0.2, 0) is 26.3 Å². The highest BCUT2D eigenvalue weighted by molar-refractivity contribution is 8.14. The van der Waals surface area contributed by atoms with Crippen molar-refractivity contribution < 1.29 is 27.7 Å². The third-order valence-electron chi connectivity index (χ3n) is 3.22. The van der Waals surface area contributed by atoms with Crippen LogP contribution in [0.4, 0.5) is 10.5 Å². The summed E-state index contributed by atoms with van der Waals surface area (Å²) in [6.07, 6.45) is -1.15. The number of amides is 1. The van der Waals surface area contributed by atoms with E-state index in [2.05, 4.69) is 0 Å². The van der Waals surface area contributed by atoms with Crippen molar-refractivity contribution in [2.45, 2.75) is 18.8 Å². The first-order valence-corrected chi connectivity index (χ1v) is 9.34. The Morgan fingerprint density at radius 1 is 1.36 bits per heavy atom. The van der Waals surface area contributed by atoms with Gasteiger partial charge in [0.05, 0.1) is 4.92 Å². The van der Waals surface area contributed by atoms with E-state index in [4.69, 9.17) is 4.74 Å². The SMILES string of the molecule is CC(=O)SC1CN(S(=O)(=O)NC(=O)OCc2ccc([N+](=O)[O-])cc2)C1. The molecule has 0 saturated carbocycles. The first kappa shape index (κ1) is 19.1. The van der Waals surface area contributed by atoms with E-state index in [1.807, 2.05) is 0 Å². The van der Waals surface area contributed by atoms with Crippen LogP contribution in [0.1, 0.15) is 12.5 Å². The minimum Gasteiger partial charge on any atom is -0.444 e. The molecule has 12 heteroatoms. The predicted molar refractivity (Wildman–Crippen MR) is 89.0 cm³/mol. The molecule has 0 radical (unpaired) electrons. The van der Waals surface area contributed by atoms with Crippen LogP contribution in [0, 0.1) is 10.1 Å². The van der Waals surface area contributed by atoms with Gasteiger partial charge in [0.1, 0.15) is 6.61 Å². The molecule has 1 aliphatic rings. The second-order valence-electron chi connectivity index (χ2n) is 5.16. The summed E-state index contributed by atoms with van der Waals surface area (Å²) < 4.78 is 31.4. The number of carbonyl (C=O) groups excluding carboxylic acids is 2. The van der Waals surface area contributed by atoms with Gasteiger partial charge in [-0.05, 0) is 17.7 Å². The molecule has 1 saturated heterocycles. The zero-order valence-corrected chi connectivity index (χ0v) is 14.7. The van der Waals surface area contributed by atoms with Gasteiger partial charge in [0.25, 0.3) is 5.69 Å². The molecule has 136 valence electrons. The van der Waals surface area contributed by atoms with Crippen molar-refractivity contribution in [3.8, 4) is 0 Å². The largest absolute Gasteiger partial charge is 0.444 e. The number of hydrogen-bond acceptors (Lipinski definition) is 8. The Labute approximate surface area is 147 Å². The van der Waals surface area contributed by atoms with Crippen LogP contribution in [0.2, 0.25) is 0 Å². The fourth-order valence-electron chi connectivity index (χ4n) is 1.97. The third kappa shape index (κ3) is 5.41. The first-order valence-electron chi connectivity index (χ1n) is 7.02. The number of thioether (sulfide) groups is 1. The molecule has 0 atom stereocenters. The topological polar surface area (TPSA) is 136 Å². The average molecular weight is 389 g/mol. The average Bonchev–Trinajstić information content (AvgIpc) is 2.48. The number of nitrogens with one attached hydrogen (secondary N) is 1. The van der Waals surface area contributed by atoms with Gasteiger partial charge in [-0.15, -0.1) is 0 Å². The van der Waals surface area contributed by atoms with Crippen molar-refractivity contribution in [3.05, 3.63) is 39.9 Å². The predicted octanol–water partition coefficient (Wildman–Crippen LogP) is 1.03. The standard InChI is InChI=1S/C13H15N3O7S2/c1-9(17)24-12-6-15(7-12)25(21,22)14-13(18)23-8-10-2-4-11(5-3-10)16(19)20/h2-5,12H,6-8H2,1H3,(H,14,18). The van der Waals surface area contributed by atoms with Crippen LogP contribution in [0.25, 0.3) is 0 Å². The highest BCUT2D eigenvalue weighted by Gasteiger charge is 2.37. The van der Waals surface area contributed by atoms with Crippen LogP contribution < -0.4 is 4.72 Å². The summed E-state index contributed by atoms with van der Waals surface area (Å²) in [5.74, 6) is 0. The minimum atomic E-state index is -4.02. The molecule has 0 spiro atoms. The van der Waals surface area contributed by atoms with Gasteiger partial charge in [0.15, 0.2) is 5.12 Å². The summed E-state index contributed by atoms with van der Waals surface area (Å²) >= 11 is 1.05. The van der Waals surface area contributed by atoms with Crippen LogP contribution in [0.3, 0.4) is 0 Å². The summed E-state index contributed by atoms with van der Waals surface area (Å²) in [7, 11) is -4.02. The molecule has 0 bridgehead atoms. The minimum absolute atomic E-state index is 0.0995. The zero-order valence-electron chi connectivity index (χ0n) is 13.1. The number of benzene rings is 1. The molecule has 10 nitrogen and oxygen atoms in total. The Kier molecular flexibility index (Phi) is 5.98. The van der Waals surface area contributed by atoms with E-state index in [1.54, 1.807) is 4.72 Å². The molecule has 1 heterocycles. The number of nitrogens with zero attached hydrogens (tertiary/aromatic N) is 2. The zero-order chi connectivity index (χ0) is 18.6. The van der Waals surface area contributed by atoms with E-state index in [0.717, 1.165) is 16.1 Å². The monoisotopic (exact) mass is 389 g/mol. The Morgan fingerprint density at radius 2 is 1.96 bits per heavy atom. The van der Waals surface area contributed by atoms with Crippen LogP contribution in [-0.4, -0.2) is 47.2 Å². The van der Waals surface area contributed by atoms with E-state index in [9.17, 15) is 28.1 Å². The lowest BCUT2D eigenvalue weighted by molar-refractivity contribution is -0.384. The van der Waals surface area contributed by atoms with Gasteiger partial charge in [-0.1, -0.05) is 11.8 Å². The van der Waals surface area contributed by atoms with Gasteiger partial charge >= 0.3 is 16.3 Å². The summed E-state index contributed by atoms with van der Waals surface area (Å²) in [6.45, 7) is 1.43. The van der Waals surface area contributed by atoms with Gasteiger partial charge in [0.2, 0.25) is 0 Å². The first-order chi connectivity index (χ1) is 11.7. The number of rotatable bonds is 6. The molecule has 0 aliphatic carbocycles. The second kappa shape index (κ2) is 7.80. The van der Waals surface area contributed by atoms with Gasteiger partial charge in [-0.2, -0.15) is 12.7 Å². The molecule has 0 unspecified atom stereocenters. The van der Waals surface area contributed by atoms with E-state index in [0.29, 0.717) is 5.56 Å². The highest BCUT2D eigenvalue weighted by Crippen LogP contribution is 2.24. The van der Waals surface area contributed by atoms with E-state index in [-0.39, 0.29) is 35.7 Å². The number of ether oxygens (including phenoxy) is 1. The lowest BCUT2D eigenvalue weighted by Gasteiger charge is -2.36. The fourth-order valence-corrected chi connectivity index (χ4v) is 4.29. The lowest BCUT2D eigenvalue weighted by atomic mass is 10.2. The number of nitro groups is 1. The fraction of sp³-hybridized carbons (Fsp3) is 0.385. The lowest BCUT2D eigenvalue weighted by Crippen LogP contribution is -2.56. The Bertz CT molecular complexity index is 773. The van der Waals surface area contributed by atoms with Crippen LogP contribution >= 0.6 is 11.8 Å². The summed E-state index contributed by atoms with van der Waals surface area (Å²) in [4.78, 5) is 32.5. The maximum Gasteiger partial charge on any atom is 0.422 e. The molecular weight excluding hydrogens is 374 g/mol. The molecule has 1 amide bonds. The maximum absolute atomic E-state index is 11.9. The molecule has 0 aromatic heterocycles. The van der Waals surface area contributed by atoms with Crippen molar-refractivity contribution in [2.75, 3.05) is 13.1 Å². The second-order valence-corrected chi connectivity index (χ2v) is 8.30. The normalized spacial score (nSPS) is 15.2. The number of non-ortho nitro benzene ring substituents is 1. The van der Waals surface area contributed by atoms with Crippen molar-refractivity contribution in [2.24, 2.45) is 0 Å². The molecule has 25 heavy (non-hydrogen) atoms. The number of carbonyl (C=O) groups is 2. The molecule has 1 aromatic rings. The summed E-state index contributed by atoms with van der Waals surface area (Å²) in [6, 6.07) is 5.30. The quantitative estimate of drug-likeness (QED) is 0.563. The molecule has 2 rings (SSSR count). The van der Waals surface area contributed by atoms with Crippen molar-refractivity contribution in [1.29, 1.82) is 0 Å². The number of nitro benzene ring substituents is 1. The molecular formula is C13H15N3O7S2. The Hall–Kier alpha value is -2.18. The third-order valence-corrected chi connectivity index (χ3v) is 5.58. The highest BCUT2D eigenvalue weighted by atomic mass is 32.2. The smallest absolute Gasteiger partial charge is 0.422 e. The van der Waals surface area contributed by atoms with Crippen molar-refractivity contribution in [1.82, 2.24) is 9.03 Å². The maximum atomic E-state index is 11.9. The number of hydrogen-bond donors (Lipinski definition) is 1. The molecule has 1 N–H and O–H groups in total. The van der Waals surface area contributed by atoms with Gasteiger partial charge in [-0.3, -0.25) is 14.9 Å². The Balaban J connectivity index is 1.79. The van der Waals surface area contributed by atoms with Crippen LogP contribution in [0.5, 0.6) is 0 Å². The summed E-state index contributed by atoms with van der Waals surface area (Å²) in [5, 5.41) is 10.3. The van der Waals surface area contributed by atoms with Crippen LogP contribution in [0.15, 0.2) is 24.3 Å². The summed E-state index contributed by atoms with van der Waals surface area (Å²) in [5.41, 5.74) is 0.367. The van der Waals surface area contributed by atoms with Gasteiger partial charge in [0, 0.05) is 37.4 Å². The molecule has 1 aliphatic heterocycles. The van der Waals surface area contributed by atoms with E-state index >= 15 is 0 Å². The van der Waals surface area contributed by atoms with Crippen molar-refractivity contribution in [3.63, 3.8) is 0 Å². The molecule has 1 fully saturated rings. The van der Waals surface area contributed by atoms with E-state index < -0.39 is 21.2 Å². The Morgan fingerprint density at radius 3 is 2.48 bits per heavy atom. The van der Waals surface area contributed by atoms with Gasteiger partial charge in [-0.25, -0.2) is 9.52 Å². The van der Waals surface area contributed by atoms with Crippen molar-refractivity contribution >= 4 is 38.9 Å². The van der Waals surface area contributed by atoms with E-state index in [1.165, 1.54) is 31.2 Å². The molecule has 1 aromatic carbocycles. The van der Waals surface area contributed by atoms with Gasteiger partial charge < -0.3 is 4.74 Å².